The molecule has 2 aromatic rings. The lowest BCUT2D eigenvalue weighted by atomic mass is 9.86. The molecule has 0 aliphatic heterocycles. The molecule has 0 fully saturated rings. The fourth-order valence-corrected chi connectivity index (χ4v) is 2.92. The van der Waals surface area contributed by atoms with Crippen molar-refractivity contribution in [1.82, 2.24) is 0 Å². The van der Waals surface area contributed by atoms with E-state index in [0.29, 0.717) is 5.69 Å². The van der Waals surface area contributed by atoms with E-state index < -0.39 is 53.6 Å². The predicted molar refractivity (Wildman–Crippen MR) is 115 cm³/mol. The standard InChI is InChI=1S/C13H9NO.C11H7F17/c1-14-12-6-2-10(3-7-12)11-4-8-13(15)9-5-11;1-3(2)4(12,13)5(14,15)6(16,17)7(18,19)8(20,21)9(22,23)10(24,25)11(26,27)28/h2-9,15H;3H,1-2H3. The van der Waals surface area contributed by atoms with Crippen LogP contribution in [0.15, 0.2) is 48.5 Å². The van der Waals surface area contributed by atoms with E-state index in [4.69, 9.17) is 11.7 Å². The van der Waals surface area contributed by atoms with Gasteiger partial charge in [0.05, 0.1) is 6.57 Å². The second-order valence-electron chi connectivity index (χ2n) is 8.93. The lowest BCUT2D eigenvalue weighted by Crippen LogP contribution is -2.74. The minimum atomic E-state index is -8.57. The molecule has 0 bridgehead atoms. The molecule has 1 N–H and O–H groups in total. The van der Waals surface area contributed by atoms with Crippen LogP contribution in [0.3, 0.4) is 0 Å². The molecule has 0 aliphatic rings. The Labute approximate surface area is 230 Å². The third kappa shape index (κ3) is 6.14. The number of alkyl halides is 17. The molecular formula is C24H16F17NO. The Morgan fingerprint density at radius 2 is 0.814 bits per heavy atom. The van der Waals surface area contributed by atoms with Crippen LogP contribution < -0.4 is 0 Å². The summed E-state index contributed by atoms with van der Waals surface area (Å²) in [7, 11) is 0. The number of rotatable bonds is 8. The summed E-state index contributed by atoms with van der Waals surface area (Å²) in [6.45, 7) is 6.80. The van der Waals surface area contributed by atoms with E-state index in [-0.39, 0.29) is 19.6 Å². The minimum absolute atomic E-state index is 0.0211. The van der Waals surface area contributed by atoms with E-state index >= 15 is 0 Å². The number of aromatic hydroxyl groups is 1. The Kier molecular flexibility index (Phi) is 10.1. The molecule has 0 saturated carbocycles. The molecule has 43 heavy (non-hydrogen) atoms. The van der Waals surface area contributed by atoms with Crippen molar-refractivity contribution in [3.63, 3.8) is 0 Å². The van der Waals surface area contributed by atoms with Crippen LogP contribution in [-0.4, -0.2) is 52.7 Å². The van der Waals surface area contributed by atoms with Crippen LogP contribution in [-0.2, 0) is 0 Å². The number of hydrogen-bond donors (Lipinski definition) is 1. The highest BCUT2D eigenvalue weighted by molar-refractivity contribution is 5.66. The van der Waals surface area contributed by atoms with Gasteiger partial charge in [0.1, 0.15) is 5.75 Å². The molecule has 2 aromatic carbocycles. The number of phenols is 1. The van der Waals surface area contributed by atoms with Gasteiger partial charge in [-0.1, -0.05) is 50.2 Å². The molecule has 242 valence electrons. The van der Waals surface area contributed by atoms with Crippen LogP contribution in [0.4, 0.5) is 80.3 Å². The van der Waals surface area contributed by atoms with Crippen molar-refractivity contribution in [2.45, 2.75) is 61.5 Å². The molecule has 19 heteroatoms. The highest BCUT2D eigenvalue weighted by atomic mass is 19.4. The zero-order valence-electron chi connectivity index (χ0n) is 21.0. The molecule has 2 rings (SSSR count). The Morgan fingerprint density at radius 1 is 0.512 bits per heavy atom. The largest absolute Gasteiger partial charge is 0.508 e. The SMILES string of the molecule is CC(C)C(F)(F)C(F)(F)C(F)(F)C(F)(F)C(F)(F)C(F)(F)C(F)(F)C(F)(F)F.[C-]#[N+]c1ccc(-c2ccc(O)cc2)cc1. The summed E-state index contributed by atoms with van der Waals surface area (Å²) in [5, 5.41) is 9.15. The Balaban J connectivity index is 0.000000510. The summed E-state index contributed by atoms with van der Waals surface area (Å²) >= 11 is 0. The van der Waals surface area contributed by atoms with Crippen molar-refractivity contribution < 1.29 is 79.7 Å². The molecule has 0 aliphatic carbocycles. The lowest BCUT2D eigenvalue weighted by molar-refractivity contribution is -0.463. The van der Waals surface area contributed by atoms with Crippen LogP contribution in [0.5, 0.6) is 5.75 Å². The predicted octanol–water partition coefficient (Wildman–Crippen LogP) is 10.3. The molecule has 0 atom stereocenters. The molecule has 0 aromatic heterocycles. The molecule has 0 spiro atoms. The van der Waals surface area contributed by atoms with Gasteiger partial charge in [0.15, 0.2) is 5.69 Å². The van der Waals surface area contributed by atoms with Gasteiger partial charge in [-0.25, -0.2) is 4.85 Å². The maximum absolute atomic E-state index is 13.2. The van der Waals surface area contributed by atoms with E-state index in [1.165, 1.54) is 0 Å². The van der Waals surface area contributed by atoms with E-state index in [1.54, 1.807) is 24.3 Å². The summed E-state index contributed by atoms with van der Waals surface area (Å²) in [6, 6.07) is 14.4. The molecular weight excluding hydrogens is 641 g/mol. The van der Waals surface area contributed by atoms with Gasteiger partial charge >= 0.3 is 47.6 Å². The first-order chi connectivity index (χ1) is 19.0. The van der Waals surface area contributed by atoms with Crippen LogP contribution in [0.25, 0.3) is 16.0 Å². The topological polar surface area (TPSA) is 24.6 Å². The average molecular weight is 657 g/mol. The van der Waals surface area contributed by atoms with Crippen LogP contribution in [0, 0.1) is 12.5 Å². The molecule has 0 radical (unpaired) electrons. The first-order valence-electron chi connectivity index (χ1n) is 11.0. The summed E-state index contributed by atoms with van der Waals surface area (Å²) in [5.74, 6) is -58.5. The van der Waals surface area contributed by atoms with Crippen molar-refractivity contribution in [2.24, 2.45) is 5.92 Å². The first-order valence-corrected chi connectivity index (χ1v) is 11.0. The number of phenolic OH excluding ortho intramolecular Hbond substituents is 1. The summed E-state index contributed by atoms with van der Waals surface area (Å²) in [5.41, 5.74) is 2.71. The third-order valence-corrected chi connectivity index (χ3v) is 5.67. The second-order valence-corrected chi connectivity index (χ2v) is 8.93. The number of hydrogen-bond acceptors (Lipinski definition) is 1. The number of nitrogens with zero attached hydrogens (tertiary/aromatic N) is 1. The third-order valence-electron chi connectivity index (χ3n) is 5.67. The smallest absolute Gasteiger partial charge is 0.460 e. The fraction of sp³-hybridized carbons (Fsp3) is 0.458. The highest BCUT2D eigenvalue weighted by Crippen LogP contribution is 2.64. The van der Waals surface area contributed by atoms with Crippen molar-refractivity contribution in [3.8, 4) is 16.9 Å². The lowest BCUT2D eigenvalue weighted by Gasteiger charge is -2.43. The van der Waals surface area contributed by atoms with Crippen molar-refractivity contribution >= 4 is 5.69 Å². The second kappa shape index (κ2) is 11.6. The van der Waals surface area contributed by atoms with Gasteiger partial charge in [-0.15, -0.1) is 0 Å². The van der Waals surface area contributed by atoms with Crippen molar-refractivity contribution in [1.29, 1.82) is 0 Å². The summed E-state index contributed by atoms with van der Waals surface area (Å²) in [4.78, 5) is 3.33. The minimum Gasteiger partial charge on any atom is -0.508 e. The summed E-state index contributed by atoms with van der Waals surface area (Å²) < 4.78 is 218. The first kappa shape index (κ1) is 37.6. The van der Waals surface area contributed by atoms with Crippen molar-refractivity contribution in [3.05, 3.63) is 59.9 Å². The van der Waals surface area contributed by atoms with Crippen LogP contribution in [0.2, 0.25) is 0 Å². The quantitative estimate of drug-likeness (QED) is 0.222. The van der Waals surface area contributed by atoms with Gasteiger partial charge in [-0.2, -0.15) is 74.6 Å². The van der Waals surface area contributed by atoms with Gasteiger partial charge in [0.25, 0.3) is 0 Å². The normalized spacial score (nSPS) is 14.2. The van der Waals surface area contributed by atoms with Gasteiger partial charge in [-0.3, -0.25) is 0 Å². The monoisotopic (exact) mass is 657 g/mol. The number of halogens is 17. The number of benzene rings is 2. The molecule has 2 nitrogen and oxygen atoms in total. The average Bonchev–Trinajstić information content (AvgIpc) is 2.88. The van der Waals surface area contributed by atoms with E-state index in [2.05, 4.69) is 4.85 Å². The van der Waals surface area contributed by atoms with Gasteiger partial charge in [0, 0.05) is 5.92 Å². The van der Waals surface area contributed by atoms with E-state index in [1.807, 2.05) is 24.3 Å². The van der Waals surface area contributed by atoms with Gasteiger partial charge in [0.2, 0.25) is 0 Å². The Morgan fingerprint density at radius 3 is 1.12 bits per heavy atom. The van der Waals surface area contributed by atoms with E-state index in [0.717, 1.165) is 11.1 Å². The Bertz CT molecular complexity index is 1270. The van der Waals surface area contributed by atoms with Gasteiger partial charge in [-0.05, 0) is 23.3 Å². The van der Waals surface area contributed by atoms with Crippen molar-refractivity contribution in [2.75, 3.05) is 0 Å². The maximum Gasteiger partial charge on any atom is 0.460 e. The maximum atomic E-state index is 13.2. The van der Waals surface area contributed by atoms with E-state index in [9.17, 15) is 74.6 Å². The molecule has 0 heterocycles. The highest BCUT2D eigenvalue weighted by Gasteiger charge is 2.95. The molecule has 0 saturated heterocycles. The zero-order valence-corrected chi connectivity index (χ0v) is 21.0. The van der Waals surface area contributed by atoms with Gasteiger partial charge < -0.3 is 5.11 Å². The van der Waals surface area contributed by atoms with Crippen LogP contribution >= 0.6 is 0 Å². The fourth-order valence-electron chi connectivity index (χ4n) is 2.92. The molecule has 0 amide bonds. The molecule has 0 unspecified atom stereocenters. The van der Waals surface area contributed by atoms with Crippen LogP contribution in [0.1, 0.15) is 13.8 Å². The Hall–Kier alpha value is -3.46. The summed E-state index contributed by atoms with van der Waals surface area (Å²) in [6.07, 6.45) is -7.74. The zero-order chi connectivity index (χ0) is 34.3.